The number of nitrogens with two attached hydrogens (primary N) is 1. The molecule has 1 heterocycles. The van der Waals surface area contributed by atoms with Gasteiger partial charge in [-0.05, 0) is 0 Å². The van der Waals surface area contributed by atoms with Gasteiger partial charge in [0.1, 0.15) is 0 Å². The third-order valence-electron chi connectivity index (χ3n) is 0.715. The zero-order valence-corrected chi connectivity index (χ0v) is 6.12. The number of carboxylic acid groups (broad SMARTS) is 1. The van der Waals surface area contributed by atoms with Crippen molar-refractivity contribution in [2.75, 3.05) is 5.84 Å². The van der Waals surface area contributed by atoms with E-state index < -0.39 is 12.1 Å². The van der Waals surface area contributed by atoms with Crippen LogP contribution in [0.3, 0.4) is 0 Å². The van der Waals surface area contributed by atoms with Gasteiger partial charge in [0.25, 0.3) is 6.33 Å². The van der Waals surface area contributed by atoms with E-state index in [2.05, 4.69) is 10.2 Å². The highest BCUT2D eigenvalue weighted by Gasteiger charge is 2.38. The lowest BCUT2D eigenvalue weighted by Gasteiger charge is -1.93. The number of nitrogen functional groups attached to an aromatic ring is 1. The average Bonchev–Trinajstić information content (AvgIpc) is 2.38. The lowest BCUT2D eigenvalue weighted by atomic mass is 10.7. The number of carboxylic acids is 1. The number of aromatic nitrogens is 3. The molecular weight excluding hydrogens is 193 g/mol. The zero-order valence-electron chi connectivity index (χ0n) is 6.12. The van der Waals surface area contributed by atoms with Gasteiger partial charge in [0.15, 0.2) is 0 Å². The maximum atomic E-state index is 10.6. The van der Waals surface area contributed by atoms with Crippen LogP contribution >= 0.6 is 0 Å². The van der Waals surface area contributed by atoms with Gasteiger partial charge in [0.2, 0.25) is 6.33 Å². The summed E-state index contributed by atoms with van der Waals surface area (Å²) in [6, 6.07) is 0. The predicted octanol–water partition coefficient (Wildman–Crippen LogP) is -0.956. The van der Waals surface area contributed by atoms with Gasteiger partial charge in [0, 0.05) is 5.10 Å². The van der Waals surface area contributed by atoms with Crippen LogP contribution in [0.5, 0.6) is 0 Å². The summed E-state index contributed by atoms with van der Waals surface area (Å²) in [5.74, 6) is 2.34. The second-order valence-corrected chi connectivity index (χ2v) is 1.75. The number of hydrogen-bond acceptors (Lipinski definition) is 3. The summed E-state index contributed by atoms with van der Waals surface area (Å²) < 4.78 is 33.1. The second kappa shape index (κ2) is 4.28. The van der Waals surface area contributed by atoms with Gasteiger partial charge in [-0.15, -0.1) is 9.77 Å². The van der Waals surface area contributed by atoms with Crippen molar-refractivity contribution in [2.24, 2.45) is 0 Å². The molecule has 13 heavy (non-hydrogen) atoms. The van der Waals surface area contributed by atoms with E-state index >= 15 is 0 Å². The number of hydrogen-bond donors (Lipinski definition) is 3. The molecule has 1 rings (SSSR count). The van der Waals surface area contributed by atoms with Crippen LogP contribution in [0.4, 0.5) is 13.2 Å². The first-order chi connectivity index (χ1) is 5.84. The normalized spacial score (nSPS) is 10.1. The van der Waals surface area contributed by atoms with E-state index in [1.54, 1.807) is 6.33 Å². The van der Waals surface area contributed by atoms with Gasteiger partial charge in [-0.3, -0.25) is 5.84 Å². The molecule has 0 saturated carbocycles. The summed E-state index contributed by atoms with van der Waals surface area (Å²) >= 11 is 0. The Balaban J connectivity index is 0.000000223. The van der Waals surface area contributed by atoms with Crippen molar-refractivity contribution in [1.82, 2.24) is 10.2 Å². The quantitative estimate of drug-likeness (QED) is 0.370. The summed E-state index contributed by atoms with van der Waals surface area (Å²) in [7, 11) is 0. The molecule has 0 aromatic carbocycles. The molecule has 0 unspecified atom stereocenters. The molecule has 4 N–H and O–H groups in total. The fourth-order valence-electron chi connectivity index (χ4n) is 0.233. The van der Waals surface area contributed by atoms with Gasteiger partial charge in [-0.25, -0.2) is 4.79 Å². The first-order valence-electron chi connectivity index (χ1n) is 2.79. The molecule has 6 nitrogen and oxygen atoms in total. The molecule has 0 amide bonds. The smallest absolute Gasteiger partial charge is 0.475 e. The number of alkyl halides is 3. The molecule has 0 fully saturated rings. The van der Waals surface area contributed by atoms with E-state index in [1.165, 1.54) is 11.0 Å². The molecule has 0 aliphatic rings. The molecule has 0 atom stereocenters. The van der Waals surface area contributed by atoms with Crippen molar-refractivity contribution >= 4 is 5.97 Å². The predicted molar refractivity (Wildman–Crippen MR) is 32.6 cm³/mol. The first kappa shape index (κ1) is 11.2. The minimum atomic E-state index is -5.08. The molecule has 74 valence electrons. The number of aromatic amines is 1. The van der Waals surface area contributed by atoms with Gasteiger partial charge >= 0.3 is 12.1 Å². The van der Waals surface area contributed by atoms with Crippen molar-refractivity contribution in [3.8, 4) is 0 Å². The van der Waals surface area contributed by atoms with Crippen molar-refractivity contribution in [1.29, 1.82) is 0 Å². The van der Waals surface area contributed by atoms with Gasteiger partial charge in [0.05, 0.1) is 0 Å². The van der Waals surface area contributed by atoms with E-state index in [9.17, 15) is 13.2 Å². The number of H-pyrrole nitrogens is 1. The van der Waals surface area contributed by atoms with Crippen LogP contribution in [0.15, 0.2) is 12.7 Å². The van der Waals surface area contributed by atoms with Gasteiger partial charge in [-0.1, -0.05) is 0 Å². The summed E-state index contributed by atoms with van der Waals surface area (Å²) in [5, 5.41) is 13.2. The molecule has 0 bridgehead atoms. The number of halogens is 3. The number of carbonyl (C=O) groups is 1. The minimum absolute atomic E-state index is 1.33. The van der Waals surface area contributed by atoms with Crippen LogP contribution in [0.1, 0.15) is 0 Å². The lowest BCUT2D eigenvalue weighted by molar-refractivity contribution is -0.638. The maximum absolute atomic E-state index is 10.6. The summed E-state index contributed by atoms with van der Waals surface area (Å²) in [6.07, 6.45) is -2.07. The molecule has 0 saturated heterocycles. The fourth-order valence-corrected chi connectivity index (χ4v) is 0.233. The van der Waals surface area contributed by atoms with Crippen LogP contribution in [0.2, 0.25) is 0 Å². The van der Waals surface area contributed by atoms with E-state index in [1.807, 2.05) is 0 Å². The molecule has 0 aliphatic heterocycles. The van der Waals surface area contributed by atoms with Crippen molar-refractivity contribution in [3.63, 3.8) is 0 Å². The Hall–Kier alpha value is -1.80. The van der Waals surface area contributed by atoms with E-state index in [0.717, 1.165) is 0 Å². The van der Waals surface area contributed by atoms with Gasteiger partial charge in [-0.2, -0.15) is 13.2 Å². The third kappa shape index (κ3) is 5.47. The van der Waals surface area contributed by atoms with Crippen LogP contribution in [-0.4, -0.2) is 27.4 Å². The van der Waals surface area contributed by atoms with E-state index in [0.29, 0.717) is 0 Å². The molecule has 1 aromatic rings. The number of aliphatic carboxylic acids is 1. The Morgan fingerprint density at radius 3 is 2.15 bits per heavy atom. The Bertz CT molecular complexity index is 257. The highest BCUT2D eigenvalue weighted by atomic mass is 19.4. The molecule has 9 heteroatoms. The summed E-state index contributed by atoms with van der Waals surface area (Å²) in [5.41, 5.74) is 0. The Kier molecular flexibility index (Phi) is 3.69. The number of nitrogens with one attached hydrogen (secondary N) is 1. The van der Waals surface area contributed by atoms with Crippen LogP contribution in [0.25, 0.3) is 0 Å². The molecule has 0 aliphatic carbocycles. The monoisotopic (exact) mass is 199 g/mol. The maximum Gasteiger partial charge on any atom is 0.490 e. The van der Waals surface area contributed by atoms with Crippen molar-refractivity contribution in [3.05, 3.63) is 12.7 Å². The van der Waals surface area contributed by atoms with Crippen LogP contribution in [-0.2, 0) is 4.79 Å². The lowest BCUT2D eigenvalue weighted by Crippen LogP contribution is -2.41. The topological polar surface area (TPSA) is 95.9 Å². The number of nitrogens with zero attached hydrogens (tertiary/aromatic N) is 2. The highest BCUT2D eigenvalue weighted by Crippen LogP contribution is 2.13. The first-order valence-corrected chi connectivity index (χ1v) is 2.79. The Labute approximate surface area is 69.8 Å². The Morgan fingerprint density at radius 1 is 1.62 bits per heavy atom. The molecule has 0 spiro atoms. The second-order valence-electron chi connectivity index (χ2n) is 1.75. The standard InChI is InChI=1S/C2HF3O2.C2H4N4/c3-2(4,5)1(6)7;3-6-1-4-5-2-6/h(H,6,7);1-2H,3H2/p+1. The number of rotatable bonds is 0. The molecule has 1 aromatic heterocycles. The highest BCUT2D eigenvalue weighted by molar-refractivity contribution is 5.73. The average molecular weight is 199 g/mol. The van der Waals surface area contributed by atoms with Crippen molar-refractivity contribution < 1.29 is 27.7 Å². The van der Waals surface area contributed by atoms with Gasteiger partial charge < -0.3 is 5.11 Å². The minimum Gasteiger partial charge on any atom is -0.475 e. The Morgan fingerprint density at radius 2 is 2.08 bits per heavy atom. The van der Waals surface area contributed by atoms with E-state index in [4.69, 9.17) is 15.7 Å². The van der Waals surface area contributed by atoms with Crippen LogP contribution < -0.4 is 10.5 Å². The zero-order chi connectivity index (χ0) is 10.5. The fraction of sp³-hybridized carbons (Fsp3) is 0.250. The summed E-state index contributed by atoms with van der Waals surface area (Å²) in [4.78, 5) is 8.90. The SMILES string of the molecule is N[n+]1cn[nH]c1.O=C(O)C(F)(F)F. The molecular formula is C4H6F3N4O2+. The molecule has 0 radical (unpaired) electrons. The van der Waals surface area contributed by atoms with Crippen LogP contribution in [0, 0.1) is 0 Å². The van der Waals surface area contributed by atoms with E-state index in [-0.39, 0.29) is 0 Å². The largest absolute Gasteiger partial charge is 0.490 e. The summed E-state index contributed by atoms with van der Waals surface area (Å²) in [6.45, 7) is 0. The third-order valence-corrected chi connectivity index (χ3v) is 0.715. The van der Waals surface area contributed by atoms with Crippen molar-refractivity contribution in [2.45, 2.75) is 6.18 Å².